The molecule has 0 amide bonds. The average Bonchev–Trinajstić information content (AvgIpc) is 2.21. The van der Waals surface area contributed by atoms with Crippen molar-refractivity contribution in [1.29, 1.82) is 0 Å². The lowest BCUT2D eigenvalue weighted by molar-refractivity contribution is -0.162. The van der Waals surface area contributed by atoms with Crippen LogP contribution in [0.4, 0.5) is 13.2 Å². The van der Waals surface area contributed by atoms with E-state index in [2.05, 4.69) is 4.72 Å². The van der Waals surface area contributed by atoms with Gasteiger partial charge in [-0.25, -0.2) is 8.93 Å². The average molecular weight is 301 g/mol. The van der Waals surface area contributed by atoms with Crippen LogP contribution in [-0.2, 0) is 11.0 Å². The lowest BCUT2D eigenvalue weighted by atomic mass is 9.90. The van der Waals surface area contributed by atoms with Crippen molar-refractivity contribution in [2.45, 2.75) is 71.3 Å². The molecule has 0 aromatic carbocycles. The predicted molar refractivity (Wildman–Crippen MR) is 74.1 cm³/mol. The van der Waals surface area contributed by atoms with E-state index in [1.54, 1.807) is 27.7 Å². The van der Waals surface area contributed by atoms with Gasteiger partial charge in [-0.3, -0.25) is 0 Å². The van der Waals surface area contributed by atoms with Crippen LogP contribution >= 0.6 is 0 Å². The van der Waals surface area contributed by atoms with Crippen LogP contribution in [0.15, 0.2) is 0 Å². The molecule has 1 N–H and O–H groups in total. The van der Waals surface area contributed by atoms with Gasteiger partial charge in [-0.05, 0) is 39.0 Å². The molecule has 1 unspecified atom stereocenters. The summed E-state index contributed by atoms with van der Waals surface area (Å²) in [5.74, 6) is -0.369. The van der Waals surface area contributed by atoms with Crippen molar-refractivity contribution in [2.75, 3.05) is 0 Å². The summed E-state index contributed by atoms with van der Waals surface area (Å²) in [6.45, 7) is 10.4. The Morgan fingerprint density at radius 2 is 1.63 bits per heavy atom. The van der Waals surface area contributed by atoms with Crippen LogP contribution in [0.1, 0.15) is 54.4 Å². The Balaban J connectivity index is 4.89. The minimum Gasteiger partial charge on any atom is -0.242 e. The van der Waals surface area contributed by atoms with Gasteiger partial charge in [-0.15, -0.1) is 0 Å². The molecule has 0 bridgehead atoms. The van der Waals surface area contributed by atoms with Gasteiger partial charge in [0.2, 0.25) is 0 Å². The van der Waals surface area contributed by atoms with Crippen LogP contribution in [0.3, 0.4) is 0 Å². The van der Waals surface area contributed by atoms with Crippen LogP contribution in [0.5, 0.6) is 0 Å². The highest BCUT2D eigenvalue weighted by atomic mass is 32.2. The molecule has 0 spiro atoms. The molecular formula is C13H26F3NOS. The maximum atomic E-state index is 13.1. The molecule has 4 atom stereocenters. The summed E-state index contributed by atoms with van der Waals surface area (Å²) in [5, 5.41) is 0. The fourth-order valence-electron chi connectivity index (χ4n) is 1.74. The number of nitrogens with one attached hydrogen (secondary N) is 1. The van der Waals surface area contributed by atoms with Crippen molar-refractivity contribution >= 4 is 11.0 Å². The maximum Gasteiger partial charge on any atom is 0.405 e. The molecule has 0 heterocycles. The van der Waals surface area contributed by atoms with Gasteiger partial charge in [0.05, 0.1) is 15.7 Å². The van der Waals surface area contributed by atoms with Crippen molar-refractivity contribution in [2.24, 2.45) is 11.8 Å². The second-order valence-corrected chi connectivity index (χ2v) is 8.24. The zero-order valence-corrected chi connectivity index (χ0v) is 13.4. The van der Waals surface area contributed by atoms with E-state index in [4.69, 9.17) is 0 Å². The molecule has 6 heteroatoms. The first-order chi connectivity index (χ1) is 8.39. The Kier molecular flexibility index (Phi) is 7.03. The lowest BCUT2D eigenvalue weighted by Crippen LogP contribution is -2.51. The summed E-state index contributed by atoms with van der Waals surface area (Å²) in [4.78, 5) is 0. The van der Waals surface area contributed by atoms with Crippen molar-refractivity contribution in [3.05, 3.63) is 0 Å². The van der Waals surface area contributed by atoms with Crippen molar-refractivity contribution in [3.63, 3.8) is 0 Å². The van der Waals surface area contributed by atoms with Gasteiger partial charge in [0, 0.05) is 0 Å². The summed E-state index contributed by atoms with van der Waals surface area (Å²) >= 11 is 0. The molecule has 0 rings (SSSR count). The Morgan fingerprint density at radius 3 is 1.95 bits per heavy atom. The molecule has 116 valence electrons. The van der Waals surface area contributed by atoms with E-state index in [9.17, 15) is 17.4 Å². The highest BCUT2D eigenvalue weighted by molar-refractivity contribution is 7.84. The molecule has 19 heavy (non-hydrogen) atoms. The normalized spacial score (nSPS) is 19.8. The molecule has 0 aromatic heterocycles. The molecule has 0 aliphatic carbocycles. The van der Waals surface area contributed by atoms with E-state index in [1.165, 1.54) is 0 Å². The number of alkyl halides is 3. The molecule has 0 saturated heterocycles. The summed E-state index contributed by atoms with van der Waals surface area (Å²) in [6.07, 6.45) is -3.07. The minimum atomic E-state index is -4.38. The van der Waals surface area contributed by atoms with Gasteiger partial charge < -0.3 is 0 Å². The quantitative estimate of drug-likeness (QED) is 0.788. The smallest absolute Gasteiger partial charge is 0.242 e. The molecule has 0 saturated carbocycles. The predicted octanol–water partition coefficient (Wildman–Crippen LogP) is 4.04. The van der Waals surface area contributed by atoms with Crippen molar-refractivity contribution in [3.8, 4) is 0 Å². The molecule has 0 radical (unpaired) electrons. The van der Waals surface area contributed by atoms with E-state index < -0.39 is 33.9 Å². The number of rotatable bonds is 6. The summed E-state index contributed by atoms with van der Waals surface area (Å²) in [6, 6.07) is -1.72. The van der Waals surface area contributed by atoms with E-state index in [0.29, 0.717) is 6.42 Å². The van der Waals surface area contributed by atoms with Crippen molar-refractivity contribution in [1.82, 2.24) is 4.72 Å². The van der Waals surface area contributed by atoms with Gasteiger partial charge in [0.1, 0.15) is 6.04 Å². The molecule has 0 aliphatic heterocycles. The second kappa shape index (κ2) is 7.07. The number of halogens is 3. The highest BCUT2D eigenvalue weighted by Gasteiger charge is 2.45. The highest BCUT2D eigenvalue weighted by Crippen LogP contribution is 2.30. The lowest BCUT2D eigenvalue weighted by Gasteiger charge is -2.31. The van der Waals surface area contributed by atoms with E-state index in [1.807, 2.05) is 13.8 Å². The minimum absolute atomic E-state index is 0.227. The zero-order chi connectivity index (χ0) is 15.4. The summed E-state index contributed by atoms with van der Waals surface area (Å²) < 4.78 is 52.7. The van der Waals surface area contributed by atoms with Gasteiger partial charge in [-0.2, -0.15) is 13.2 Å². The first-order valence-electron chi connectivity index (χ1n) is 6.64. The van der Waals surface area contributed by atoms with E-state index in [-0.39, 0.29) is 5.92 Å². The Labute approximate surface area is 117 Å². The van der Waals surface area contributed by atoms with E-state index >= 15 is 0 Å². The van der Waals surface area contributed by atoms with Gasteiger partial charge >= 0.3 is 6.18 Å². The van der Waals surface area contributed by atoms with E-state index in [0.717, 1.165) is 6.42 Å². The largest absolute Gasteiger partial charge is 0.405 e. The third-order valence-electron chi connectivity index (χ3n) is 3.18. The monoisotopic (exact) mass is 301 g/mol. The zero-order valence-electron chi connectivity index (χ0n) is 12.6. The van der Waals surface area contributed by atoms with Crippen LogP contribution in [0.25, 0.3) is 0 Å². The Morgan fingerprint density at radius 1 is 1.16 bits per heavy atom. The molecule has 2 nitrogen and oxygen atoms in total. The topological polar surface area (TPSA) is 29.1 Å². The fourth-order valence-corrected chi connectivity index (χ4v) is 2.69. The summed E-state index contributed by atoms with van der Waals surface area (Å²) in [7, 11) is -1.72. The SMILES string of the molecule is CCC(C)C[C@H](C)[C@H](N[S@@](=O)C(C)(C)C)C(F)(F)F. The molecular weight excluding hydrogens is 275 g/mol. The maximum absolute atomic E-state index is 13.1. The van der Waals surface area contributed by atoms with Crippen LogP contribution < -0.4 is 4.72 Å². The second-order valence-electron chi connectivity index (χ2n) is 6.24. The first-order valence-corrected chi connectivity index (χ1v) is 7.79. The number of hydrogen-bond donors (Lipinski definition) is 1. The number of hydrogen-bond acceptors (Lipinski definition) is 1. The van der Waals surface area contributed by atoms with Crippen LogP contribution in [-0.4, -0.2) is 21.2 Å². The molecule has 0 aromatic rings. The van der Waals surface area contributed by atoms with Gasteiger partial charge in [0.15, 0.2) is 0 Å². The van der Waals surface area contributed by atoms with Crippen molar-refractivity contribution < 1.29 is 17.4 Å². The fraction of sp³-hybridized carbons (Fsp3) is 1.00. The summed E-state index contributed by atoms with van der Waals surface area (Å²) in [5.41, 5.74) is 0. The van der Waals surface area contributed by atoms with Gasteiger partial charge in [-0.1, -0.05) is 27.2 Å². The third kappa shape index (κ3) is 6.75. The van der Waals surface area contributed by atoms with Crippen LogP contribution in [0, 0.1) is 11.8 Å². The standard InChI is InChI=1S/C13H26F3NOS/c1-7-9(2)8-10(3)11(13(14,15)16)17-19(18)12(4,5)6/h9-11,17H,7-8H2,1-6H3/t9?,10-,11-,19-/m0/s1. The van der Waals surface area contributed by atoms with Gasteiger partial charge in [0.25, 0.3) is 0 Å². The first kappa shape index (κ1) is 18.9. The Hall–Kier alpha value is -0.100. The van der Waals surface area contributed by atoms with Crippen LogP contribution in [0.2, 0.25) is 0 Å². The molecule has 0 fully saturated rings. The third-order valence-corrected chi connectivity index (χ3v) is 4.76. The Bertz CT molecular complexity index is 299. The molecule has 0 aliphatic rings.